The van der Waals surface area contributed by atoms with E-state index in [4.69, 9.17) is 57.3 Å². The Labute approximate surface area is 846 Å². The Balaban J connectivity index is 2.46. The third kappa shape index (κ3) is 45.3. The Morgan fingerprint density at radius 3 is 0.699 bits per heavy atom. The fourth-order valence-corrected chi connectivity index (χ4v) is 16.9. The Bertz CT molecular complexity index is 3980. The summed E-state index contributed by atoms with van der Waals surface area (Å²) in [5, 5.41) is 52.4. The van der Waals surface area contributed by atoms with Crippen molar-refractivity contribution in [2.24, 2.45) is 98.8 Å². The standard InChI is InChI=1S/C97H183N27O19/c1-54(2)72(115-81(127)62(106)34-16-24-44-98)90(136)109-64(36-18-26-46-100)83(129)117-74(56(5)6)92(138)111-67(39-21-29-49-103)85(131)119-77(59(11)12)94(140)113-69(41-23-31-51-105)87(133)121-78(60(13)14)97(143)124-53-33-43-71(124)96(142)123-52-32-42-70(123)88(134)122-79(61(15)125)95(141)114-68(40-22-30-50-104)86(132)120-76(58(9)10)93(139)112-66(38-20-28-48-102)84(130)118-75(57(7)8)91(137)110-65(37-19-27-47-101)82(128)116-73(55(3)4)89(135)108-63(80(107)126)35-17-25-45-99/h54-79,125H,16-53,98-106H2,1-15H3,(H2,107,126)(H,108,135)(H,109,136)(H,110,137)(H,111,138)(H,112,139)(H,113,140)(H,114,141)(H,115,127)(H,116,128)(H,117,129)(H,118,130)(H,119,131)(H,120,132)(H,121,133)(H,122,134)/t61-,62+,63+,64+,65+,66+,67+,68+,69+,70-,71+,72+,73+,74+,75+,76+,77+,78+,79+/m1/s1. The highest BCUT2D eigenvalue weighted by atomic mass is 16.3. The summed E-state index contributed by atoms with van der Waals surface area (Å²) in [6.45, 7) is 26.9. The largest absolute Gasteiger partial charge is 0.391 e. The van der Waals surface area contributed by atoms with E-state index in [1.807, 2.05) is 0 Å². The molecule has 2 fully saturated rings. The summed E-state index contributed by atoms with van der Waals surface area (Å²) >= 11 is 0. The number of carbonyl (C=O) groups is 18. The van der Waals surface area contributed by atoms with Gasteiger partial charge in [-0.3, -0.25) is 86.3 Å². The quantitative estimate of drug-likeness (QED) is 0.0259. The first kappa shape index (κ1) is 129. The zero-order valence-electron chi connectivity index (χ0n) is 87.8. The van der Waals surface area contributed by atoms with Crippen LogP contribution in [0.25, 0.3) is 0 Å². The second kappa shape index (κ2) is 69.2. The van der Waals surface area contributed by atoms with Gasteiger partial charge in [-0.1, -0.05) is 103 Å². The number of rotatable bonds is 73. The van der Waals surface area contributed by atoms with E-state index in [-0.39, 0.29) is 117 Å². The van der Waals surface area contributed by atoms with Crippen LogP contribution < -0.4 is 137 Å². The summed E-state index contributed by atoms with van der Waals surface area (Å²) in [4.78, 5) is 261. The molecular weight excluding hydrogens is 1850 g/mol. The molecule has 0 aromatic heterocycles. The second-order valence-electron chi connectivity index (χ2n) is 40.4. The van der Waals surface area contributed by atoms with Crippen molar-refractivity contribution < 1.29 is 91.4 Å². The highest BCUT2D eigenvalue weighted by Gasteiger charge is 2.47. The van der Waals surface area contributed by atoms with Gasteiger partial charge in [-0.15, -0.1) is 0 Å². The van der Waals surface area contributed by atoms with Crippen molar-refractivity contribution in [3.8, 4) is 0 Å². The highest BCUT2D eigenvalue weighted by molar-refractivity contribution is 6.02. The SMILES string of the molecule is CC(C)[C@H](NC(=O)[C@H](CCCCN)NC(=O)[C@@H](NC(=O)[C@H](CCCCN)NC(=O)[C@@H](NC(=O)[C@H](CCCCN)NC(=O)[C@@H](NC(=O)[C@H]1CCCN1C(=O)[C@@H]1CCCN1C(=O)[C@@H](NC(=O)[C@H](CCCCN)NC(=O)[C@@H](NC(=O)[C@H](CCCCN)NC(=O)[C@@H](NC(=O)[C@H](CCCCN)NC(=O)[C@@H](NC(=O)[C@@H](N)CCCCN)C(C)C)C(C)C)C(C)C)C(C)C)[C@@H](C)O)C(C)C)C(C)C)C(=O)N[C@@H](CCCCN)C(N)=O. The van der Waals surface area contributed by atoms with E-state index >= 15 is 9.59 Å². The van der Waals surface area contributed by atoms with Crippen LogP contribution in [-0.4, -0.2) is 302 Å². The van der Waals surface area contributed by atoms with E-state index in [0.717, 1.165) is 0 Å². The predicted octanol–water partition coefficient (Wildman–Crippen LogP) is -3.94. The lowest BCUT2D eigenvalue weighted by Gasteiger charge is -2.35. The number of aliphatic hydroxyl groups is 1. The Morgan fingerprint density at radius 1 is 0.252 bits per heavy atom. The molecule has 19 atom stereocenters. The topological polar surface area (TPSA) is 775 Å². The van der Waals surface area contributed by atoms with Crippen molar-refractivity contribution >= 4 is 106 Å². The molecule has 0 aromatic carbocycles. The van der Waals surface area contributed by atoms with E-state index in [0.29, 0.717) is 129 Å². The summed E-state index contributed by atoms with van der Waals surface area (Å²) in [6, 6.07) is -22.8. The van der Waals surface area contributed by atoms with Crippen molar-refractivity contribution in [3.05, 3.63) is 0 Å². The third-order valence-electron chi connectivity index (χ3n) is 25.8. The fourth-order valence-electron chi connectivity index (χ4n) is 16.9. The summed E-state index contributed by atoms with van der Waals surface area (Å²) in [5.41, 5.74) is 58.3. The average Bonchev–Trinajstić information content (AvgIpc) is 1.65. The number of nitrogens with two attached hydrogens (primary N) is 10. The lowest BCUT2D eigenvalue weighted by atomic mass is 9.98. The molecule has 0 spiro atoms. The molecular formula is C97H183N27O19. The molecule has 36 N–H and O–H groups in total. The number of hydrogen-bond acceptors (Lipinski definition) is 28. The van der Waals surface area contributed by atoms with Crippen LogP contribution in [-0.2, 0) is 86.3 Å². The average molecular weight is 2030 g/mol. The van der Waals surface area contributed by atoms with Crippen LogP contribution in [0, 0.1) is 41.4 Å². The normalized spacial score (nSPS) is 17.3. The first-order valence-corrected chi connectivity index (χ1v) is 52.1. The van der Waals surface area contributed by atoms with Gasteiger partial charge in [0.05, 0.1) is 12.1 Å². The molecule has 143 heavy (non-hydrogen) atoms. The van der Waals surface area contributed by atoms with Crippen LogP contribution in [0.5, 0.6) is 0 Å². The van der Waals surface area contributed by atoms with Crippen LogP contribution in [0.1, 0.15) is 284 Å². The Hall–Kier alpha value is -9.94. The van der Waals surface area contributed by atoms with Crippen LogP contribution >= 0.6 is 0 Å². The van der Waals surface area contributed by atoms with E-state index in [9.17, 15) is 81.8 Å². The number of likely N-dealkylation sites (tertiary alicyclic amines) is 2. The van der Waals surface area contributed by atoms with Crippen molar-refractivity contribution in [2.45, 2.75) is 398 Å². The van der Waals surface area contributed by atoms with E-state index < -0.39 is 263 Å². The molecule has 2 rings (SSSR count). The Kier molecular flexibility index (Phi) is 62.5. The minimum atomic E-state index is -1.75. The molecule has 0 aliphatic carbocycles. The molecule has 46 heteroatoms. The number of nitrogens with one attached hydrogen (secondary N) is 15. The maximum atomic E-state index is 15.1. The van der Waals surface area contributed by atoms with Gasteiger partial charge in [-0.05, 0) is 274 Å². The second-order valence-corrected chi connectivity index (χ2v) is 40.4. The molecule has 18 amide bonds. The molecule has 0 radical (unpaired) electrons. The number of nitrogens with zero attached hydrogens (tertiary/aromatic N) is 2. The smallest absolute Gasteiger partial charge is 0.246 e. The minimum Gasteiger partial charge on any atom is -0.391 e. The number of primary amides is 1. The van der Waals surface area contributed by atoms with Crippen molar-refractivity contribution in [2.75, 3.05) is 65.4 Å². The van der Waals surface area contributed by atoms with Gasteiger partial charge in [0.2, 0.25) is 106 Å². The van der Waals surface area contributed by atoms with Gasteiger partial charge in [-0.2, -0.15) is 0 Å². The zero-order valence-corrected chi connectivity index (χ0v) is 87.8. The number of carbonyl (C=O) groups excluding carboxylic acids is 18. The molecule has 820 valence electrons. The van der Waals surface area contributed by atoms with Crippen LogP contribution in [0.3, 0.4) is 0 Å². The molecule has 2 aliphatic heterocycles. The van der Waals surface area contributed by atoms with Gasteiger partial charge in [-0.25, -0.2) is 0 Å². The van der Waals surface area contributed by atoms with Crippen LogP contribution in [0.15, 0.2) is 0 Å². The summed E-state index contributed by atoms with van der Waals surface area (Å²) in [5.74, 6) is -17.7. The summed E-state index contributed by atoms with van der Waals surface area (Å²) in [7, 11) is 0. The first-order valence-electron chi connectivity index (χ1n) is 52.1. The monoisotopic (exact) mass is 2030 g/mol. The molecule has 0 aromatic rings. The maximum Gasteiger partial charge on any atom is 0.246 e. The lowest BCUT2D eigenvalue weighted by Crippen LogP contribution is -2.62. The number of unbranched alkanes of at least 4 members (excludes halogenated alkanes) is 8. The fraction of sp³-hybridized carbons (Fsp3) is 0.814. The van der Waals surface area contributed by atoms with Crippen LogP contribution in [0.4, 0.5) is 0 Å². The third-order valence-corrected chi connectivity index (χ3v) is 25.8. The van der Waals surface area contributed by atoms with Gasteiger partial charge in [0.1, 0.15) is 103 Å². The number of hydrogen-bond donors (Lipinski definition) is 26. The van der Waals surface area contributed by atoms with E-state index in [1.165, 1.54) is 16.7 Å². The minimum absolute atomic E-state index is 0.00750. The van der Waals surface area contributed by atoms with Gasteiger partial charge >= 0.3 is 0 Å². The molecule has 0 unspecified atom stereocenters. The molecule has 0 bridgehead atoms. The predicted molar refractivity (Wildman–Crippen MR) is 544 cm³/mol. The molecule has 46 nitrogen and oxygen atoms in total. The number of amides is 18. The van der Waals surface area contributed by atoms with Gasteiger partial charge < -0.3 is 152 Å². The summed E-state index contributed by atoms with van der Waals surface area (Å²) < 4.78 is 0. The van der Waals surface area contributed by atoms with Gasteiger partial charge in [0.25, 0.3) is 0 Å². The maximum absolute atomic E-state index is 15.1. The zero-order chi connectivity index (χ0) is 108. The molecule has 2 saturated heterocycles. The lowest BCUT2D eigenvalue weighted by molar-refractivity contribution is -0.149. The summed E-state index contributed by atoms with van der Waals surface area (Å²) in [6.07, 6.45) is 6.95. The molecule has 0 saturated carbocycles. The highest BCUT2D eigenvalue weighted by Crippen LogP contribution is 2.28. The van der Waals surface area contributed by atoms with Crippen molar-refractivity contribution in [3.63, 3.8) is 0 Å². The Morgan fingerprint density at radius 2 is 0.462 bits per heavy atom. The van der Waals surface area contributed by atoms with Gasteiger partial charge in [0, 0.05) is 13.1 Å². The van der Waals surface area contributed by atoms with E-state index in [1.54, 1.807) is 96.9 Å². The van der Waals surface area contributed by atoms with Gasteiger partial charge in [0.15, 0.2) is 0 Å². The molecule has 2 heterocycles. The van der Waals surface area contributed by atoms with Crippen molar-refractivity contribution in [1.29, 1.82) is 0 Å². The van der Waals surface area contributed by atoms with Crippen LogP contribution in [0.2, 0.25) is 0 Å². The van der Waals surface area contributed by atoms with E-state index in [2.05, 4.69) is 79.8 Å². The first-order chi connectivity index (χ1) is 67.6. The van der Waals surface area contributed by atoms with Crippen molar-refractivity contribution in [1.82, 2.24) is 89.6 Å². The number of aliphatic hydroxyl groups excluding tert-OH is 1. The molecule has 2 aliphatic rings.